The molecule has 0 unspecified atom stereocenters. The Kier molecular flexibility index (Phi) is 7.67. The number of carbonyl (C=O) groups is 1. The third-order valence-corrected chi connectivity index (χ3v) is 5.92. The normalized spacial score (nSPS) is 20.3. The average molecular weight is 398 g/mol. The van der Waals surface area contributed by atoms with Gasteiger partial charge in [-0.05, 0) is 42.7 Å². The maximum atomic E-state index is 12.7. The van der Waals surface area contributed by atoms with Gasteiger partial charge in [0.25, 0.3) is 5.91 Å². The number of para-hydroxylation sites is 1. The van der Waals surface area contributed by atoms with E-state index in [1.54, 1.807) is 4.90 Å². The van der Waals surface area contributed by atoms with Crippen LogP contribution in [0.5, 0.6) is 5.75 Å². The summed E-state index contributed by atoms with van der Waals surface area (Å²) in [6.45, 7) is 12.3. The lowest BCUT2D eigenvalue weighted by Gasteiger charge is -2.32. The Hall–Kier alpha value is -2.37. The Bertz CT molecular complexity index is 753. The van der Waals surface area contributed by atoms with Gasteiger partial charge in [-0.2, -0.15) is 0 Å². The Morgan fingerprint density at radius 1 is 0.966 bits per heavy atom. The van der Waals surface area contributed by atoms with Gasteiger partial charge in [0.05, 0.1) is 0 Å². The van der Waals surface area contributed by atoms with Crippen molar-refractivity contribution in [1.82, 2.24) is 0 Å². The first-order chi connectivity index (χ1) is 14.0. The molecular formula is C24H35N3O2+2. The van der Waals surface area contributed by atoms with E-state index < -0.39 is 0 Å². The van der Waals surface area contributed by atoms with Gasteiger partial charge in [0.2, 0.25) is 0 Å². The molecule has 1 fully saturated rings. The topological polar surface area (TPSA) is 47.2 Å². The van der Waals surface area contributed by atoms with Crippen LogP contribution in [0.3, 0.4) is 0 Å². The van der Waals surface area contributed by atoms with Gasteiger partial charge in [-0.15, -0.1) is 0 Å². The Balaban J connectivity index is 1.39. The van der Waals surface area contributed by atoms with Gasteiger partial charge in [0.15, 0.2) is 6.04 Å². The summed E-state index contributed by atoms with van der Waals surface area (Å²) in [4.78, 5) is 15.6. The highest BCUT2D eigenvalue weighted by Crippen LogP contribution is 2.17. The van der Waals surface area contributed by atoms with Crippen molar-refractivity contribution in [2.24, 2.45) is 0 Å². The van der Waals surface area contributed by atoms with E-state index in [4.69, 9.17) is 4.74 Å². The molecule has 1 aliphatic heterocycles. The summed E-state index contributed by atoms with van der Waals surface area (Å²) in [5.74, 6) is 1.54. The maximum Gasteiger partial charge on any atom is 0.282 e. The van der Waals surface area contributed by atoms with Crippen LogP contribution in [-0.4, -0.2) is 51.3 Å². The average Bonchev–Trinajstić information content (AvgIpc) is 2.75. The van der Waals surface area contributed by atoms with E-state index in [2.05, 4.69) is 31.3 Å². The number of amides is 1. The van der Waals surface area contributed by atoms with E-state index in [9.17, 15) is 4.79 Å². The highest BCUT2D eigenvalue weighted by atomic mass is 16.5. The van der Waals surface area contributed by atoms with Crippen LogP contribution in [0.1, 0.15) is 32.3 Å². The highest BCUT2D eigenvalue weighted by Gasteiger charge is 2.30. The smallest absolute Gasteiger partial charge is 0.282 e. The molecule has 0 bridgehead atoms. The predicted molar refractivity (Wildman–Crippen MR) is 117 cm³/mol. The molecule has 5 heteroatoms. The molecule has 0 aromatic heterocycles. The summed E-state index contributed by atoms with van der Waals surface area (Å²) in [6, 6.07) is 18.1. The Labute approximate surface area is 174 Å². The lowest BCUT2D eigenvalue weighted by atomic mass is 10.0. The summed E-state index contributed by atoms with van der Waals surface area (Å²) in [5.41, 5.74) is 2.17. The number of rotatable bonds is 8. The summed E-state index contributed by atoms with van der Waals surface area (Å²) >= 11 is 0. The van der Waals surface area contributed by atoms with Crippen molar-refractivity contribution in [1.29, 1.82) is 0 Å². The van der Waals surface area contributed by atoms with Gasteiger partial charge in [-0.1, -0.05) is 44.2 Å². The van der Waals surface area contributed by atoms with Crippen LogP contribution in [0.2, 0.25) is 0 Å². The molecule has 3 N–H and O–H groups in total. The summed E-state index contributed by atoms with van der Waals surface area (Å²) < 4.78 is 5.82. The number of carbonyl (C=O) groups excluding carboxylic acids is 1. The van der Waals surface area contributed by atoms with Crippen LogP contribution < -0.4 is 19.9 Å². The molecule has 1 atom stereocenters. The zero-order valence-electron chi connectivity index (χ0n) is 17.9. The molecule has 1 aliphatic rings. The Morgan fingerprint density at radius 2 is 1.62 bits per heavy atom. The minimum atomic E-state index is -0.0399. The zero-order chi connectivity index (χ0) is 20.6. The third-order valence-electron chi connectivity index (χ3n) is 5.92. The minimum absolute atomic E-state index is 0.0399. The predicted octanol–water partition coefficient (Wildman–Crippen LogP) is 0.999. The number of benzene rings is 2. The van der Waals surface area contributed by atoms with Crippen LogP contribution in [0, 0.1) is 0 Å². The summed E-state index contributed by atoms with van der Waals surface area (Å²) in [7, 11) is 0. The monoisotopic (exact) mass is 397 g/mol. The van der Waals surface area contributed by atoms with Crippen LogP contribution >= 0.6 is 0 Å². The minimum Gasteiger partial charge on any atom is -0.488 e. The second kappa shape index (κ2) is 10.4. The summed E-state index contributed by atoms with van der Waals surface area (Å²) in [5, 5.41) is 3.08. The van der Waals surface area contributed by atoms with Crippen molar-refractivity contribution in [3.63, 3.8) is 0 Å². The van der Waals surface area contributed by atoms with Gasteiger partial charge in [-0.25, -0.2) is 0 Å². The van der Waals surface area contributed by atoms with Crippen molar-refractivity contribution in [3.8, 4) is 5.75 Å². The lowest BCUT2D eigenvalue weighted by molar-refractivity contribution is -1.02. The SMILES string of the molecule is CC(C)c1ccc(NC(=O)[C@@H](C)[NH+]2CC[NH+](CCOc3ccccc3)CC2)cc1. The molecule has 0 saturated carbocycles. The van der Waals surface area contributed by atoms with Crippen LogP contribution in [0.4, 0.5) is 5.69 Å². The molecular weight excluding hydrogens is 362 g/mol. The van der Waals surface area contributed by atoms with Gasteiger partial charge >= 0.3 is 0 Å². The van der Waals surface area contributed by atoms with Gasteiger partial charge in [0, 0.05) is 5.69 Å². The number of piperazine rings is 1. The second-order valence-electron chi connectivity index (χ2n) is 8.31. The first-order valence-corrected chi connectivity index (χ1v) is 10.8. The van der Waals surface area contributed by atoms with Crippen molar-refractivity contribution in [3.05, 3.63) is 60.2 Å². The van der Waals surface area contributed by atoms with E-state index in [0.717, 1.165) is 50.8 Å². The quantitative estimate of drug-likeness (QED) is 0.622. The molecule has 1 amide bonds. The number of hydrogen-bond donors (Lipinski definition) is 3. The largest absolute Gasteiger partial charge is 0.488 e. The third kappa shape index (κ3) is 6.31. The number of nitrogens with one attached hydrogen (secondary N) is 3. The van der Waals surface area contributed by atoms with E-state index in [1.807, 2.05) is 49.4 Å². The molecule has 156 valence electrons. The molecule has 1 saturated heterocycles. The molecule has 0 spiro atoms. The van der Waals surface area contributed by atoms with E-state index in [0.29, 0.717) is 5.92 Å². The van der Waals surface area contributed by atoms with Gasteiger partial charge < -0.3 is 19.9 Å². The molecule has 29 heavy (non-hydrogen) atoms. The van der Waals surface area contributed by atoms with Crippen molar-refractivity contribution < 1.29 is 19.3 Å². The van der Waals surface area contributed by atoms with Crippen molar-refractivity contribution in [2.45, 2.75) is 32.7 Å². The molecule has 2 aromatic carbocycles. The Morgan fingerprint density at radius 3 is 2.24 bits per heavy atom. The van der Waals surface area contributed by atoms with Gasteiger partial charge in [0.1, 0.15) is 45.1 Å². The van der Waals surface area contributed by atoms with Crippen LogP contribution in [0.25, 0.3) is 0 Å². The molecule has 3 rings (SSSR count). The number of ether oxygens (including phenoxy) is 1. The molecule has 5 nitrogen and oxygen atoms in total. The summed E-state index contributed by atoms with van der Waals surface area (Å²) in [6.07, 6.45) is 0. The lowest BCUT2D eigenvalue weighted by Crippen LogP contribution is -3.30. The number of quaternary nitrogens is 2. The first-order valence-electron chi connectivity index (χ1n) is 10.8. The van der Waals surface area contributed by atoms with Crippen LogP contribution in [-0.2, 0) is 4.79 Å². The number of hydrogen-bond acceptors (Lipinski definition) is 2. The van der Waals surface area contributed by atoms with E-state index >= 15 is 0 Å². The maximum absolute atomic E-state index is 12.7. The van der Waals surface area contributed by atoms with Crippen molar-refractivity contribution in [2.75, 3.05) is 44.6 Å². The first kappa shape index (κ1) is 21.3. The fourth-order valence-electron chi connectivity index (χ4n) is 3.82. The molecule has 0 radical (unpaired) electrons. The van der Waals surface area contributed by atoms with E-state index in [1.165, 1.54) is 10.5 Å². The zero-order valence-corrected chi connectivity index (χ0v) is 17.9. The molecule has 1 heterocycles. The highest BCUT2D eigenvalue weighted by molar-refractivity contribution is 5.93. The molecule has 0 aliphatic carbocycles. The second-order valence-corrected chi connectivity index (χ2v) is 8.31. The van der Waals surface area contributed by atoms with Crippen molar-refractivity contribution >= 4 is 11.6 Å². The van der Waals surface area contributed by atoms with E-state index in [-0.39, 0.29) is 11.9 Å². The fraction of sp³-hybridized carbons (Fsp3) is 0.458. The fourth-order valence-corrected chi connectivity index (χ4v) is 3.82. The standard InChI is InChI=1S/C24H33N3O2/c1-19(2)21-9-11-22(12-10-21)25-24(28)20(3)27-15-13-26(14-16-27)17-18-29-23-7-5-4-6-8-23/h4-12,19-20H,13-18H2,1-3H3,(H,25,28)/p+2/t20-/m1/s1. The van der Waals surface area contributed by atoms with Crippen LogP contribution in [0.15, 0.2) is 54.6 Å². The van der Waals surface area contributed by atoms with Gasteiger partial charge in [-0.3, -0.25) is 4.79 Å². The molecule has 2 aromatic rings. The number of anilines is 1.